The van der Waals surface area contributed by atoms with Gasteiger partial charge in [-0.2, -0.15) is 13.2 Å². The number of nitrogens with zero attached hydrogens (tertiary/aromatic N) is 5. The molecule has 0 saturated carbocycles. The average molecular weight is 520 g/mol. The van der Waals surface area contributed by atoms with E-state index < -0.39 is 11.7 Å². The van der Waals surface area contributed by atoms with Crippen molar-refractivity contribution in [1.29, 1.82) is 0 Å². The summed E-state index contributed by atoms with van der Waals surface area (Å²) in [5, 5.41) is 8.01. The van der Waals surface area contributed by atoms with Gasteiger partial charge in [-0.25, -0.2) is 9.67 Å². The summed E-state index contributed by atoms with van der Waals surface area (Å²) in [4.78, 5) is 12.4. The molecule has 194 valence electrons. The van der Waals surface area contributed by atoms with Gasteiger partial charge in [-0.15, -0.1) is 5.10 Å². The number of aromatic amines is 1. The number of alkyl halides is 3. The zero-order chi connectivity index (χ0) is 26.9. The molecule has 0 atom stereocenters. The maximum absolute atomic E-state index is 12.8. The van der Waals surface area contributed by atoms with E-state index in [1.807, 2.05) is 56.3 Å². The highest BCUT2D eigenvalue weighted by Gasteiger charge is 2.30. The van der Waals surface area contributed by atoms with Gasteiger partial charge in [0, 0.05) is 17.2 Å². The van der Waals surface area contributed by atoms with Crippen LogP contribution in [0.15, 0.2) is 77.9 Å². The molecule has 0 bridgehead atoms. The predicted molar refractivity (Wildman–Crippen MR) is 138 cm³/mol. The molecule has 3 aromatic carbocycles. The molecule has 11 heteroatoms. The van der Waals surface area contributed by atoms with Gasteiger partial charge in [-0.05, 0) is 80.6 Å². The largest absolute Gasteiger partial charge is 0.487 e. The van der Waals surface area contributed by atoms with Crippen LogP contribution in [-0.4, -0.2) is 36.8 Å². The fraction of sp³-hybridized carbons (Fsp3) is 0.185. The number of halogens is 3. The molecule has 0 aliphatic carbocycles. The first-order chi connectivity index (χ1) is 18.2. The third kappa shape index (κ3) is 5.51. The van der Waals surface area contributed by atoms with Crippen molar-refractivity contribution in [3.05, 3.63) is 89.7 Å². The van der Waals surface area contributed by atoms with Crippen molar-refractivity contribution in [3.8, 4) is 22.8 Å². The molecule has 0 radical (unpaired) electrons. The maximum atomic E-state index is 12.8. The fourth-order valence-corrected chi connectivity index (χ4v) is 3.82. The molecule has 0 aliphatic rings. The van der Waals surface area contributed by atoms with Crippen LogP contribution in [0.1, 0.15) is 30.7 Å². The minimum Gasteiger partial charge on any atom is -0.487 e. The van der Waals surface area contributed by atoms with E-state index in [-0.39, 0.29) is 12.6 Å². The van der Waals surface area contributed by atoms with Crippen LogP contribution < -0.4 is 10.5 Å². The summed E-state index contributed by atoms with van der Waals surface area (Å²) < 4.78 is 45.5. The van der Waals surface area contributed by atoms with Gasteiger partial charge in [0.15, 0.2) is 0 Å². The van der Waals surface area contributed by atoms with E-state index >= 15 is 0 Å². The lowest BCUT2D eigenvalue weighted by atomic mass is 10.2. The van der Waals surface area contributed by atoms with Crippen LogP contribution in [0.2, 0.25) is 0 Å². The molecule has 2 heterocycles. The highest BCUT2D eigenvalue weighted by Crippen LogP contribution is 2.29. The number of hydrogen-bond donors (Lipinski definition) is 2. The Kier molecular flexibility index (Phi) is 6.58. The van der Waals surface area contributed by atoms with Crippen LogP contribution in [-0.2, 0) is 12.8 Å². The van der Waals surface area contributed by atoms with Gasteiger partial charge in [-0.1, -0.05) is 5.21 Å². The number of ether oxygens (including phenoxy) is 1. The van der Waals surface area contributed by atoms with Gasteiger partial charge in [-0.3, -0.25) is 4.99 Å². The third-order valence-corrected chi connectivity index (χ3v) is 5.69. The van der Waals surface area contributed by atoms with E-state index in [0.29, 0.717) is 28.8 Å². The molecule has 0 saturated heterocycles. The van der Waals surface area contributed by atoms with Gasteiger partial charge in [0.2, 0.25) is 0 Å². The normalized spacial score (nSPS) is 12.4. The van der Waals surface area contributed by atoms with Crippen molar-refractivity contribution in [2.75, 3.05) is 0 Å². The van der Waals surface area contributed by atoms with Crippen molar-refractivity contribution < 1.29 is 17.9 Å². The summed E-state index contributed by atoms with van der Waals surface area (Å²) in [6.45, 7) is 4.09. The Morgan fingerprint density at radius 1 is 1.05 bits per heavy atom. The second-order valence-electron chi connectivity index (χ2n) is 8.94. The average Bonchev–Trinajstić information content (AvgIpc) is 3.54. The Balaban J connectivity index is 1.24. The van der Waals surface area contributed by atoms with Crippen molar-refractivity contribution in [2.45, 2.75) is 32.7 Å². The number of benzene rings is 3. The predicted octanol–water partition coefficient (Wildman–Crippen LogP) is 5.52. The molecule has 0 spiro atoms. The number of nitrogens with one attached hydrogen (secondary N) is 1. The standard InChI is InChI=1S/C27H24F3N7O/c1-16(2)32-25(31)18-5-12-23-24(13-18)34-26(33-23)17-3-10-22(11-4-17)38-15-20-14-37(36-35-20)21-8-6-19(7-9-21)27(28,29)30/h3-14,16H,15H2,1-2H3,(H2,31,32)(H,33,34). The Morgan fingerprint density at radius 2 is 1.79 bits per heavy atom. The first-order valence-corrected chi connectivity index (χ1v) is 11.8. The van der Waals surface area contributed by atoms with E-state index in [0.717, 1.165) is 34.3 Å². The summed E-state index contributed by atoms with van der Waals surface area (Å²) in [6, 6.07) is 18.0. The molecule has 0 aliphatic heterocycles. The summed E-state index contributed by atoms with van der Waals surface area (Å²) in [7, 11) is 0. The highest BCUT2D eigenvalue weighted by molar-refractivity contribution is 6.00. The zero-order valence-electron chi connectivity index (χ0n) is 20.6. The zero-order valence-corrected chi connectivity index (χ0v) is 20.6. The Morgan fingerprint density at radius 3 is 2.47 bits per heavy atom. The van der Waals surface area contributed by atoms with E-state index in [1.54, 1.807) is 6.20 Å². The number of aromatic nitrogens is 5. The maximum Gasteiger partial charge on any atom is 0.416 e. The van der Waals surface area contributed by atoms with Crippen LogP contribution in [0, 0.1) is 0 Å². The molecule has 3 N–H and O–H groups in total. The molecular weight excluding hydrogens is 495 g/mol. The molecule has 5 aromatic rings. The molecular formula is C27H24F3N7O. The highest BCUT2D eigenvalue weighted by atomic mass is 19.4. The van der Waals surface area contributed by atoms with Crippen molar-refractivity contribution in [2.24, 2.45) is 10.7 Å². The lowest BCUT2D eigenvalue weighted by Gasteiger charge is -2.07. The van der Waals surface area contributed by atoms with Crippen LogP contribution in [0.4, 0.5) is 13.2 Å². The van der Waals surface area contributed by atoms with E-state index in [9.17, 15) is 13.2 Å². The number of imidazole rings is 1. The molecule has 0 unspecified atom stereocenters. The quantitative estimate of drug-likeness (QED) is 0.217. The van der Waals surface area contributed by atoms with Crippen molar-refractivity contribution >= 4 is 16.9 Å². The first kappa shape index (κ1) is 25.0. The first-order valence-electron chi connectivity index (χ1n) is 11.8. The fourth-order valence-electron chi connectivity index (χ4n) is 3.82. The summed E-state index contributed by atoms with van der Waals surface area (Å²) in [5.74, 6) is 1.82. The minimum atomic E-state index is -4.39. The molecule has 0 amide bonds. The number of H-pyrrole nitrogens is 1. The molecule has 2 aromatic heterocycles. The third-order valence-electron chi connectivity index (χ3n) is 5.69. The topological polar surface area (TPSA) is 107 Å². The van der Waals surface area contributed by atoms with Crippen molar-refractivity contribution in [1.82, 2.24) is 25.0 Å². The van der Waals surface area contributed by atoms with Crippen LogP contribution in [0.25, 0.3) is 28.1 Å². The lowest BCUT2D eigenvalue weighted by molar-refractivity contribution is -0.137. The Labute approximate surface area is 216 Å². The number of aliphatic imine (C=N–C) groups is 1. The SMILES string of the molecule is CC(C)N=C(N)c1ccc2nc(-c3ccc(OCc4cn(-c5ccc(C(F)(F)F)cc5)nn4)cc3)[nH]c2c1. The minimum absolute atomic E-state index is 0.106. The van der Waals surface area contributed by atoms with Gasteiger partial charge in [0.25, 0.3) is 0 Å². The van der Waals surface area contributed by atoms with E-state index in [1.165, 1.54) is 16.8 Å². The Hall–Kier alpha value is -4.67. The van der Waals surface area contributed by atoms with Gasteiger partial charge >= 0.3 is 6.18 Å². The molecule has 38 heavy (non-hydrogen) atoms. The van der Waals surface area contributed by atoms with Crippen LogP contribution in [0.5, 0.6) is 5.75 Å². The van der Waals surface area contributed by atoms with Crippen LogP contribution in [0.3, 0.4) is 0 Å². The monoisotopic (exact) mass is 519 g/mol. The number of rotatable bonds is 7. The Bertz CT molecular complexity index is 1580. The smallest absolute Gasteiger partial charge is 0.416 e. The van der Waals surface area contributed by atoms with Crippen LogP contribution >= 0.6 is 0 Å². The summed E-state index contributed by atoms with van der Waals surface area (Å²) in [5.41, 5.74) is 9.76. The number of hydrogen-bond acceptors (Lipinski definition) is 5. The van der Waals surface area contributed by atoms with E-state index in [4.69, 9.17) is 10.5 Å². The van der Waals surface area contributed by atoms with Gasteiger partial charge in [0.1, 0.15) is 29.7 Å². The molecule has 0 fully saturated rings. The van der Waals surface area contributed by atoms with Gasteiger partial charge < -0.3 is 15.5 Å². The number of nitrogens with two attached hydrogens (primary N) is 1. The number of fused-ring (bicyclic) bond motifs is 1. The lowest BCUT2D eigenvalue weighted by Crippen LogP contribution is -2.15. The molecule has 8 nitrogen and oxygen atoms in total. The molecule has 5 rings (SSSR count). The van der Waals surface area contributed by atoms with Crippen molar-refractivity contribution in [3.63, 3.8) is 0 Å². The number of amidine groups is 1. The van der Waals surface area contributed by atoms with E-state index in [2.05, 4.69) is 25.3 Å². The second kappa shape index (κ2) is 10.0. The second-order valence-corrected chi connectivity index (χ2v) is 8.94. The summed E-state index contributed by atoms with van der Waals surface area (Å²) >= 11 is 0. The van der Waals surface area contributed by atoms with Gasteiger partial charge in [0.05, 0.1) is 28.5 Å². The summed E-state index contributed by atoms with van der Waals surface area (Å²) in [6.07, 6.45) is -2.78.